The van der Waals surface area contributed by atoms with Crippen molar-refractivity contribution in [3.8, 4) is 0 Å². The Morgan fingerprint density at radius 2 is 2.05 bits per heavy atom. The van der Waals surface area contributed by atoms with E-state index < -0.39 is 0 Å². The number of hydrogen-bond donors (Lipinski definition) is 1. The highest BCUT2D eigenvalue weighted by atomic mass is 19.1. The lowest BCUT2D eigenvalue weighted by molar-refractivity contribution is 0.0686. The van der Waals surface area contributed by atoms with Crippen LogP contribution in [-0.2, 0) is 9.47 Å². The zero-order valence-corrected chi connectivity index (χ0v) is 12.1. The molecule has 0 heterocycles. The molecule has 0 unspecified atom stereocenters. The highest BCUT2D eigenvalue weighted by Crippen LogP contribution is 2.09. The third-order valence-electron chi connectivity index (χ3n) is 2.87. The largest absolute Gasteiger partial charge is 0.382 e. The summed E-state index contributed by atoms with van der Waals surface area (Å²) in [6, 6.07) is 4.16. The van der Waals surface area contributed by atoms with E-state index >= 15 is 0 Å². The van der Waals surface area contributed by atoms with Crippen LogP contribution in [-0.4, -0.2) is 39.4 Å². The van der Waals surface area contributed by atoms with Crippen LogP contribution in [0.4, 0.5) is 4.39 Å². The van der Waals surface area contributed by atoms with Gasteiger partial charge in [0, 0.05) is 25.8 Å². The van der Waals surface area contributed by atoms with E-state index in [0.29, 0.717) is 37.5 Å². The first kappa shape index (κ1) is 16.6. The molecular weight excluding hydrogens is 261 g/mol. The summed E-state index contributed by atoms with van der Waals surface area (Å²) in [4.78, 5) is 11.9. The maximum atomic E-state index is 12.9. The fraction of sp³-hybridized carbons (Fsp3) is 0.533. The van der Waals surface area contributed by atoms with E-state index in [4.69, 9.17) is 9.47 Å². The maximum absolute atomic E-state index is 12.9. The number of aryl methyl sites for hydroxylation is 1. The molecule has 1 aromatic carbocycles. The van der Waals surface area contributed by atoms with Gasteiger partial charge < -0.3 is 14.8 Å². The van der Waals surface area contributed by atoms with Crippen LogP contribution in [0.25, 0.3) is 0 Å². The van der Waals surface area contributed by atoms with E-state index in [0.717, 1.165) is 12.8 Å². The van der Waals surface area contributed by atoms with Gasteiger partial charge in [-0.15, -0.1) is 0 Å². The molecule has 0 saturated carbocycles. The third-order valence-corrected chi connectivity index (χ3v) is 2.87. The fourth-order valence-corrected chi connectivity index (χ4v) is 1.75. The Balaban J connectivity index is 2.17. The standard InChI is InChI=1S/C15H22FNO3/c1-12-11-13(16)5-6-14(12)15(18)17-7-3-4-8-20-10-9-19-2/h5-6,11H,3-4,7-10H2,1-2H3,(H,17,18). The fourth-order valence-electron chi connectivity index (χ4n) is 1.75. The number of methoxy groups -OCH3 is 1. The lowest BCUT2D eigenvalue weighted by atomic mass is 10.1. The summed E-state index contributed by atoms with van der Waals surface area (Å²) >= 11 is 0. The number of carbonyl (C=O) groups is 1. The number of halogens is 1. The molecule has 1 N–H and O–H groups in total. The number of amides is 1. The molecule has 0 atom stereocenters. The number of rotatable bonds is 9. The first-order valence-corrected chi connectivity index (χ1v) is 6.76. The molecule has 112 valence electrons. The van der Waals surface area contributed by atoms with Crippen molar-refractivity contribution in [3.05, 3.63) is 35.1 Å². The van der Waals surface area contributed by atoms with Gasteiger partial charge in [-0.05, 0) is 43.5 Å². The van der Waals surface area contributed by atoms with Gasteiger partial charge >= 0.3 is 0 Å². The second-order valence-corrected chi connectivity index (χ2v) is 4.53. The summed E-state index contributed by atoms with van der Waals surface area (Å²) in [5, 5.41) is 2.82. The predicted octanol–water partition coefficient (Wildman–Crippen LogP) is 2.31. The van der Waals surface area contributed by atoms with Crippen LogP contribution in [0.3, 0.4) is 0 Å². The molecule has 0 bridgehead atoms. The van der Waals surface area contributed by atoms with E-state index in [1.54, 1.807) is 14.0 Å². The summed E-state index contributed by atoms with van der Waals surface area (Å²) in [5.74, 6) is -0.491. The molecule has 1 rings (SSSR count). The van der Waals surface area contributed by atoms with Crippen molar-refractivity contribution in [3.63, 3.8) is 0 Å². The zero-order chi connectivity index (χ0) is 14.8. The Bertz CT molecular complexity index is 424. The van der Waals surface area contributed by atoms with Gasteiger partial charge in [-0.25, -0.2) is 4.39 Å². The van der Waals surface area contributed by atoms with Gasteiger partial charge in [0.2, 0.25) is 0 Å². The van der Waals surface area contributed by atoms with E-state index in [2.05, 4.69) is 5.32 Å². The summed E-state index contributed by atoms with van der Waals surface area (Å²) in [5.41, 5.74) is 1.16. The van der Waals surface area contributed by atoms with Crippen molar-refractivity contribution < 1.29 is 18.7 Å². The van der Waals surface area contributed by atoms with Gasteiger partial charge in [-0.2, -0.15) is 0 Å². The van der Waals surface area contributed by atoms with Crippen LogP contribution in [0.15, 0.2) is 18.2 Å². The van der Waals surface area contributed by atoms with Gasteiger partial charge in [-0.3, -0.25) is 4.79 Å². The Labute approximate surface area is 119 Å². The monoisotopic (exact) mass is 283 g/mol. The van der Waals surface area contributed by atoms with Crippen molar-refractivity contribution in [1.29, 1.82) is 0 Å². The van der Waals surface area contributed by atoms with Crippen LogP contribution in [0.5, 0.6) is 0 Å². The summed E-state index contributed by atoms with van der Waals surface area (Å²) in [6.45, 7) is 4.16. The van der Waals surface area contributed by atoms with Crippen molar-refractivity contribution in [2.75, 3.05) is 33.5 Å². The van der Waals surface area contributed by atoms with Crippen LogP contribution in [0.2, 0.25) is 0 Å². The van der Waals surface area contributed by atoms with E-state index in [9.17, 15) is 9.18 Å². The molecule has 1 amide bonds. The number of carbonyl (C=O) groups excluding carboxylic acids is 1. The van der Waals surface area contributed by atoms with Crippen molar-refractivity contribution in [1.82, 2.24) is 5.32 Å². The van der Waals surface area contributed by atoms with Gasteiger partial charge in [0.25, 0.3) is 5.91 Å². The molecule has 0 aliphatic rings. The average molecular weight is 283 g/mol. The normalized spacial score (nSPS) is 10.6. The summed E-state index contributed by atoms with van der Waals surface area (Å²) < 4.78 is 23.1. The average Bonchev–Trinajstić information content (AvgIpc) is 2.41. The number of benzene rings is 1. The minimum atomic E-state index is -0.327. The lowest BCUT2D eigenvalue weighted by Crippen LogP contribution is -2.25. The molecule has 0 aromatic heterocycles. The number of ether oxygens (including phenoxy) is 2. The minimum Gasteiger partial charge on any atom is -0.382 e. The second kappa shape index (κ2) is 9.44. The Morgan fingerprint density at radius 3 is 2.75 bits per heavy atom. The van der Waals surface area contributed by atoms with Crippen molar-refractivity contribution in [2.24, 2.45) is 0 Å². The van der Waals surface area contributed by atoms with Crippen LogP contribution in [0.1, 0.15) is 28.8 Å². The molecule has 0 saturated heterocycles. The smallest absolute Gasteiger partial charge is 0.251 e. The molecular formula is C15H22FNO3. The van der Waals surface area contributed by atoms with E-state index in [1.165, 1.54) is 18.2 Å². The Morgan fingerprint density at radius 1 is 1.25 bits per heavy atom. The molecule has 5 heteroatoms. The van der Waals surface area contributed by atoms with Gasteiger partial charge in [-0.1, -0.05) is 0 Å². The van der Waals surface area contributed by atoms with Crippen LogP contribution in [0, 0.1) is 12.7 Å². The van der Waals surface area contributed by atoms with Crippen molar-refractivity contribution in [2.45, 2.75) is 19.8 Å². The Hall–Kier alpha value is -1.46. The predicted molar refractivity (Wildman–Crippen MR) is 75.4 cm³/mol. The molecule has 20 heavy (non-hydrogen) atoms. The highest BCUT2D eigenvalue weighted by Gasteiger charge is 2.08. The van der Waals surface area contributed by atoms with Crippen LogP contribution < -0.4 is 5.32 Å². The van der Waals surface area contributed by atoms with Crippen molar-refractivity contribution >= 4 is 5.91 Å². The molecule has 0 radical (unpaired) electrons. The number of nitrogens with one attached hydrogen (secondary N) is 1. The number of hydrogen-bond acceptors (Lipinski definition) is 3. The first-order chi connectivity index (χ1) is 9.65. The number of unbranched alkanes of at least 4 members (excludes halogenated alkanes) is 1. The third kappa shape index (κ3) is 6.12. The van der Waals surface area contributed by atoms with Crippen LogP contribution >= 0.6 is 0 Å². The van der Waals surface area contributed by atoms with E-state index in [-0.39, 0.29) is 11.7 Å². The van der Waals surface area contributed by atoms with Gasteiger partial charge in [0.1, 0.15) is 5.82 Å². The topological polar surface area (TPSA) is 47.6 Å². The van der Waals surface area contributed by atoms with Gasteiger partial charge in [0.05, 0.1) is 13.2 Å². The molecule has 0 fully saturated rings. The summed E-state index contributed by atoms with van der Waals surface area (Å²) in [6.07, 6.45) is 1.73. The maximum Gasteiger partial charge on any atom is 0.251 e. The minimum absolute atomic E-state index is 0.164. The zero-order valence-electron chi connectivity index (χ0n) is 12.1. The SMILES string of the molecule is COCCOCCCCNC(=O)c1ccc(F)cc1C. The lowest BCUT2D eigenvalue weighted by Gasteiger charge is -2.08. The Kier molecular flexibility index (Phi) is 7.84. The quantitative estimate of drug-likeness (QED) is 0.707. The molecule has 0 aliphatic heterocycles. The van der Waals surface area contributed by atoms with E-state index in [1.807, 2.05) is 0 Å². The molecule has 1 aromatic rings. The highest BCUT2D eigenvalue weighted by molar-refractivity contribution is 5.95. The molecule has 4 nitrogen and oxygen atoms in total. The first-order valence-electron chi connectivity index (χ1n) is 6.76. The second-order valence-electron chi connectivity index (χ2n) is 4.53. The molecule has 0 aliphatic carbocycles. The van der Waals surface area contributed by atoms with Gasteiger partial charge in [0.15, 0.2) is 0 Å². The summed E-state index contributed by atoms with van der Waals surface area (Å²) in [7, 11) is 1.64. The molecule has 0 spiro atoms.